The Kier molecular flexibility index (Phi) is 6.23. The molecular formula is C15H20BrNO3S. The molecule has 1 aliphatic rings. The zero-order valence-corrected chi connectivity index (χ0v) is 14.5. The molecule has 116 valence electrons. The molecule has 0 aliphatic heterocycles. The van der Waals surface area contributed by atoms with E-state index >= 15 is 0 Å². The molecular weight excluding hydrogens is 354 g/mol. The van der Waals surface area contributed by atoms with Gasteiger partial charge in [-0.05, 0) is 49.5 Å². The number of carbonyl (C=O) groups is 2. The average molecular weight is 374 g/mol. The molecule has 1 aromatic heterocycles. The van der Waals surface area contributed by atoms with Crippen LogP contribution in [0, 0.1) is 0 Å². The van der Waals surface area contributed by atoms with Crippen LogP contribution in [0.3, 0.4) is 0 Å². The van der Waals surface area contributed by atoms with E-state index in [4.69, 9.17) is 4.74 Å². The lowest BCUT2D eigenvalue weighted by molar-refractivity contribution is -0.116. The van der Waals surface area contributed by atoms with Crippen LogP contribution in [0.15, 0.2) is 5.38 Å². The van der Waals surface area contributed by atoms with Gasteiger partial charge in [-0.25, -0.2) is 4.79 Å². The van der Waals surface area contributed by atoms with Gasteiger partial charge in [0.2, 0.25) is 5.91 Å². The topological polar surface area (TPSA) is 55.4 Å². The van der Waals surface area contributed by atoms with E-state index < -0.39 is 0 Å². The summed E-state index contributed by atoms with van der Waals surface area (Å²) in [7, 11) is 0. The van der Waals surface area contributed by atoms with E-state index in [1.54, 1.807) is 6.92 Å². The summed E-state index contributed by atoms with van der Waals surface area (Å²) in [6, 6.07) is 0. The quantitative estimate of drug-likeness (QED) is 0.419. The fourth-order valence-electron chi connectivity index (χ4n) is 2.14. The summed E-state index contributed by atoms with van der Waals surface area (Å²) in [4.78, 5) is 24.1. The van der Waals surface area contributed by atoms with Gasteiger partial charge in [-0.15, -0.1) is 11.3 Å². The van der Waals surface area contributed by atoms with Crippen molar-refractivity contribution >= 4 is 44.1 Å². The Balaban J connectivity index is 2.07. The van der Waals surface area contributed by atoms with Crippen LogP contribution in [0.25, 0.3) is 0 Å². The second-order valence-electron chi connectivity index (χ2n) is 5.08. The maximum Gasteiger partial charge on any atom is 0.341 e. The fraction of sp³-hybridized carbons (Fsp3) is 0.600. The van der Waals surface area contributed by atoms with E-state index in [9.17, 15) is 9.59 Å². The predicted molar refractivity (Wildman–Crippen MR) is 88.5 cm³/mol. The van der Waals surface area contributed by atoms with Crippen molar-refractivity contribution < 1.29 is 14.3 Å². The Morgan fingerprint density at radius 1 is 1.43 bits per heavy atom. The Hall–Kier alpha value is -0.880. The molecule has 6 heteroatoms. The fourth-order valence-corrected chi connectivity index (χ4v) is 3.58. The molecule has 0 aromatic carbocycles. The van der Waals surface area contributed by atoms with Gasteiger partial charge in [0.1, 0.15) is 5.00 Å². The summed E-state index contributed by atoms with van der Waals surface area (Å²) in [6.07, 6.45) is 4.51. The highest BCUT2D eigenvalue weighted by Crippen LogP contribution is 2.46. The number of nitrogens with one attached hydrogen (secondary N) is 1. The lowest BCUT2D eigenvalue weighted by atomic mass is 10.1. The number of ether oxygens (including phenoxy) is 1. The Labute approximate surface area is 137 Å². The van der Waals surface area contributed by atoms with Crippen molar-refractivity contribution in [3.8, 4) is 0 Å². The van der Waals surface area contributed by atoms with Crippen LogP contribution in [-0.4, -0.2) is 23.8 Å². The van der Waals surface area contributed by atoms with Crippen molar-refractivity contribution in [1.29, 1.82) is 0 Å². The number of alkyl halides is 1. The Bertz CT molecular complexity index is 511. The third-order valence-electron chi connectivity index (χ3n) is 3.36. The van der Waals surface area contributed by atoms with Gasteiger partial charge in [-0.3, -0.25) is 4.79 Å². The number of thiophene rings is 1. The minimum absolute atomic E-state index is 0.0364. The molecule has 1 aliphatic carbocycles. The van der Waals surface area contributed by atoms with E-state index in [0.29, 0.717) is 29.5 Å². The molecule has 0 atom stereocenters. The molecule has 0 bridgehead atoms. The first-order valence-electron chi connectivity index (χ1n) is 7.31. The molecule has 0 saturated heterocycles. The number of hydrogen-bond donors (Lipinski definition) is 1. The zero-order valence-electron chi connectivity index (χ0n) is 12.1. The first-order valence-corrected chi connectivity index (χ1v) is 9.31. The molecule has 21 heavy (non-hydrogen) atoms. The lowest BCUT2D eigenvalue weighted by Gasteiger charge is -2.08. The van der Waals surface area contributed by atoms with Crippen LogP contribution in [-0.2, 0) is 9.53 Å². The SMILES string of the molecule is CCOC(=O)c1c(C2CC2)csc1NC(=O)CCCCBr. The van der Waals surface area contributed by atoms with Crippen molar-refractivity contribution in [2.75, 3.05) is 17.3 Å². The van der Waals surface area contributed by atoms with Gasteiger partial charge >= 0.3 is 5.97 Å². The number of anilines is 1. The second-order valence-corrected chi connectivity index (χ2v) is 6.76. The van der Waals surface area contributed by atoms with E-state index in [1.807, 2.05) is 5.38 Å². The summed E-state index contributed by atoms with van der Waals surface area (Å²) in [5, 5.41) is 6.40. The van der Waals surface area contributed by atoms with Crippen molar-refractivity contribution in [1.82, 2.24) is 0 Å². The van der Waals surface area contributed by atoms with Gasteiger partial charge < -0.3 is 10.1 Å². The first-order chi connectivity index (χ1) is 10.2. The van der Waals surface area contributed by atoms with Crippen molar-refractivity contribution in [3.05, 3.63) is 16.5 Å². The van der Waals surface area contributed by atoms with Crippen LogP contribution in [0.2, 0.25) is 0 Å². The van der Waals surface area contributed by atoms with Crippen LogP contribution < -0.4 is 5.32 Å². The molecule has 0 radical (unpaired) electrons. The Morgan fingerprint density at radius 2 is 2.19 bits per heavy atom. The van der Waals surface area contributed by atoms with Crippen molar-refractivity contribution in [3.63, 3.8) is 0 Å². The molecule has 1 saturated carbocycles. The number of unbranched alkanes of at least 4 members (excludes halogenated alkanes) is 1. The van der Waals surface area contributed by atoms with E-state index in [0.717, 1.165) is 36.6 Å². The van der Waals surface area contributed by atoms with Crippen LogP contribution in [0.1, 0.15) is 60.9 Å². The number of halogens is 1. The van der Waals surface area contributed by atoms with Crippen LogP contribution >= 0.6 is 27.3 Å². The molecule has 1 fully saturated rings. The van der Waals surface area contributed by atoms with Gasteiger partial charge in [0.05, 0.1) is 12.2 Å². The lowest BCUT2D eigenvalue weighted by Crippen LogP contribution is -2.14. The van der Waals surface area contributed by atoms with Crippen LogP contribution in [0.5, 0.6) is 0 Å². The molecule has 1 N–H and O–H groups in total. The van der Waals surface area contributed by atoms with Crippen molar-refractivity contribution in [2.45, 2.75) is 44.9 Å². The van der Waals surface area contributed by atoms with E-state index in [-0.39, 0.29) is 11.9 Å². The van der Waals surface area contributed by atoms with Gasteiger partial charge in [0.15, 0.2) is 0 Å². The molecule has 1 aromatic rings. The van der Waals surface area contributed by atoms with Gasteiger partial charge in [-0.2, -0.15) is 0 Å². The number of amides is 1. The number of rotatable bonds is 8. The molecule has 2 rings (SSSR count). The largest absolute Gasteiger partial charge is 0.462 e. The van der Waals surface area contributed by atoms with Gasteiger partial charge in [-0.1, -0.05) is 15.9 Å². The average Bonchev–Trinajstić information content (AvgIpc) is 3.21. The molecule has 0 spiro atoms. The highest BCUT2D eigenvalue weighted by molar-refractivity contribution is 9.09. The van der Waals surface area contributed by atoms with Gasteiger partial charge in [0.25, 0.3) is 0 Å². The molecule has 4 nitrogen and oxygen atoms in total. The first kappa shape index (κ1) is 16.5. The highest BCUT2D eigenvalue weighted by Gasteiger charge is 2.32. The number of esters is 1. The van der Waals surface area contributed by atoms with E-state index in [2.05, 4.69) is 21.2 Å². The maximum atomic E-state index is 12.1. The summed E-state index contributed by atoms with van der Waals surface area (Å²) >= 11 is 4.77. The van der Waals surface area contributed by atoms with Crippen LogP contribution in [0.4, 0.5) is 5.00 Å². The van der Waals surface area contributed by atoms with Gasteiger partial charge in [0, 0.05) is 11.8 Å². The Morgan fingerprint density at radius 3 is 2.81 bits per heavy atom. The van der Waals surface area contributed by atoms with Crippen molar-refractivity contribution in [2.24, 2.45) is 0 Å². The normalized spacial score (nSPS) is 14.0. The number of hydrogen-bond acceptors (Lipinski definition) is 4. The smallest absolute Gasteiger partial charge is 0.341 e. The molecule has 0 unspecified atom stereocenters. The van der Waals surface area contributed by atoms with E-state index in [1.165, 1.54) is 11.3 Å². The third kappa shape index (κ3) is 4.54. The third-order valence-corrected chi connectivity index (χ3v) is 4.83. The molecule has 1 heterocycles. The minimum Gasteiger partial charge on any atom is -0.462 e. The summed E-state index contributed by atoms with van der Waals surface area (Å²) in [6.45, 7) is 2.14. The maximum absolute atomic E-state index is 12.1. The molecule has 1 amide bonds. The second kappa shape index (κ2) is 7.94. The highest BCUT2D eigenvalue weighted by atomic mass is 79.9. The summed E-state index contributed by atoms with van der Waals surface area (Å²) in [5.74, 6) is 0.0989. The monoisotopic (exact) mass is 373 g/mol. The standard InChI is InChI=1S/C15H20BrNO3S/c1-2-20-15(19)13-11(10-6-7-10)9-21-14(13)17-12(18)5-3-4-8-16/h9-10H,2-8H2,1H3,(H,17,18). The number of carbonyl (C=O) groups excluding carboxylic acids is 2. The minimum atomic E-state index is -0.323. The summed E-state index contributed by atoms with van der Waals surface area (Å²) in [5.41, 5.74) is 1.60. The summed E-state index contributed by atoms with van der Waals surface area (Å²) < 4.78 is 5.14. The predicted octanol–water partition coefficient (Wildman–Crippen LogP) is 4.31. The zero-order chi connectivity index (χ0) is 15.2.